The SMILES string of the molecule is CC(C)(C)c1cc(-c2cc(-c3ccc(C(C)(C)c4ccccc4)cc3)ccn2)cc(-c2cccc3c2nc(-c2c(O)ccc4c2oc2ccccc24)n3-c2ccccc2-c2ccccc2)c1. The molecule has 0 atom stereocenters. The summed E-state index contributed by atoms with van der Waals surface area (Å²) >= 11 is 0. The molecule has 0 amide bonds. The molecule has 3 aromatic heterocycles. The van der Waals surface area contributed by atoms with Gasteiger partial charge in [0.05, 0.1) is 22.4 Å². The number of nitrogens with zero attached hydrogens (tertiary/aromatic N) is 3. The number of rotatable bonds is 8. The Morgan fingerprint density at radius 3 is 1.97 bits per heavy atom. The molecule has 0 spiro atoms. The second kappa shape index (κ2) is 15.9. The van der Waals surface area contributed by atoms with Gasteiger partial charge < -0.3 is 9.52 Å². The summed E-state index contributed by atoms with van der Waals surface area (Å²) in [5, 5.41) is 13.8. The van der Waals surface area contributed by atoms with E-state index in [-0.39, 0.29) is 16.6 Å². The highest BCUT2D eigenvalue weighted by molar-refractivity contribution is 6.11. The molecule has 0 radical (unpaired) electrons. The highest BCUT2D eigenvalue weighted by Crippen LogP contribution is 2.45. The number of phenolic OH excluding ortho intramolecular Hbond substituents is 1. The van der Waals surface area contributed by atoms with Gasteiger partial charge in [-0.2, -0.15) is 0 Å². The first kappa shape index (κ1) is 40.7. The molecule has 3 heterocycles. The summed E-state index contributed by atoms with van der Waals surface area (Å²) in [7, 11) is 0. The molecule has 5 heteroatoms. The van der Waals surface area contributed by atoms with Gasteiger partial charge in [0.2, 0.25) is 0 Å². The minimum atomic E-state index is -0.167. The normalized spacial score (nSPS) is 12.1. The van der Waals surface area contributed by atoms with E-state index in [9.17, 15) is 5.11 Å². The van der Waals surface area contributed by atoms with E-state index in [1.807, 2.05) is 36.5 Å². The van der Waals surface area contributed by atoms with Crippen LogP contribution in [0.1, 0.15) is 51.3 Å². The number of fused-ring (bicyclic) bond motifs is 4. The van der Waals surface area contributed by atoms with E-state index in [0.29, 0.717) is 17.0 Å². The Morgan fingerprint density at radius 2 is 1.18 bits per heavy atom. The lowest BCUT2D eigenvalue weighted by atomic mass is 9.78. The molecule has 1 N–H and O–H groups in total. The van der Waals surface area contributed by atoms with Crippen LogP contribution in [-0.2, 0) is 10.8 Å². The molecule has 0 aliphatic heterocycles. The van der Waals surface area contributed by atoms with Gasteiger partial charge >= 0.3 is 0 Å². The number of para-hydroxylation sites is 3. The first-order valence-electron chi connectivity index (χ1n) is 22.6. The van der Waals surface area contributed by atoms with Crippen LogP contribution in [0, 0.1) is 0 Å². The number of phenols is 1. The lowest BCUT2D eigenvalue weighted by Gasteiger charge is -2.26. The van der Waals surface area contributed by atoms with Crippen molar-refractivity contribution in [1.29, 1.82) is 0 Å². The van der Waals surface area contributed by atoms with Crippen LogP contribution in [-0.4, -0.2) is 19.6 Å². The first-order valence-corrected chi connectivity index (χ1v) is 22.6. The number of aromatic nitrogens is 3. The molecule has 8 aromatic carbocycles. The van der Waals surface area contributed by atoms with Crippen molar-refractivity contribution in [2.75, 3.05) is 0 Å². The zero-order chi connectivity index (χ0) is 45.2. The van der Waals surface area contributed by atoms with E-state index in [4.69, 9.17) is 14.4 Å². The molecule has 0 fully saturated rings. The lowest BCUT2D eigenvalue weighted by molar-refractivity contribution is 0.476. The average Bonchev–Trinajstić information content (AvgIpc) is 3.93. The third-order valence-corrected chi connectivity index (χ3v) is 13.3. The molecular weight excluding hydrogens is 807 g/mol. The predicted molar refractivity (Wildman–Crippen MR) is 272 cm³/mol. The number of hydrogen-bond acceptors (Lipinski definition) is 4. The Morgan fingerprint density at radius 1 is 0.500 bits per heavy atom. The van der Waals surface area contributed by atoms with E-state index >= 15 is 0 Å². The van der Waals surface area contributed by atoms with Crippen LogP contribution in [0.5, 0.6) is 5.75 Å². The van der Waals surface area contributed by atoms with E-state index in [1.54, 1.807) is 6.07 Å². The molecular formula is C61H49N3O2. The molecule has 0 saturated carbocycles. The minimum absolute atomic E-state index is 0.0920. The molecule has 0 unspecified atom stereocenters. The fourth-order valence-electron chi connectivity index (χ4n) is 9.50. The monoisotopic (exact) mass is 855 g/mol. The van der Waals surface area contributed by atoms with Gasteiger partial charge in [0.1, 0.15) is 22.5 Å². The molecule has 5 nitrogen and oxygen atoms in total. The van der Waals surface area contributed by atoms with Crippen LogP contribution in [0.15, 0.2) is 205 Å². The van der Waals surface area contributed by atoms with E-state index < -0.39 is 0 Å². The molecule has 0 aliphatic carbocycles. The van der Waals surface area contributed by atoms with Gasteiger partial charge in [0.25, 0.3) is 0 Å². The number of furan rings is 1. The topological polar surface area (TPSA) is 64.1 Å². The van der Waals surface area contributed by atoms with Crippen LogP contribution in [0.25, 0.3) is 94.7 Å². The summed E-state index contributed by atoms with van der Waals surface area (Å²) in [6.07, 6.45) is 1.92. The standard InChI is InChI=1S/C61H49N3O2/c1-60(2,3)46-36-42(35-43(37-46)51-38-41(33-34-62-51)39-27-29-45(30-28-39)61(4,5)44-19-10-7-11-20-44)48-23-16-25-53-57(48)63-59(64(53)52-24-14-12-21-47(52)40-17-8-6-9-18-40)56-54(65)32-31-50-49-22-13-15-26-55(49)66-58(50)56/h6-38,65H,1-5H3. The summed E-state index contributed by atoms with van der Waals surface area (Å²) in [6.45, 7) is 11.3. The lowest BCUT2D eigenvalue weighted by Crippen LogP contribution is -2.18. The van der Waals surface area contributed by atoms with Crippen molar-refractivity contribution in [2.45, 2.75) is 45.4 Å². The van der Waals surface area contributed by atoms with Gasteiger partial charge in [-0.15, -0.1) is 0 Å². The summed E-state index contributed by atoms with van der Waals surface area (Å²) < 4.78 is 8.80. The van der Waals surface area contributed by atoms with E-state index in [2.05, 4.69) is 197 Å². The van der Waals surface area contributed by atoms with Crippen LogP contribution in [0.3, 0.4) is 0 Å². The van der Waals surface area contributed by atoms with Gasteiger partial charge in [0.15, 0.2) is 5.82 Å². The van der Waals surface area contributed by atoms with Crippen molar-refractivity contribution >= 4 is 33.0 Å². The van der Waals surface area contributed by atoms with E-state index in [1.165, 1.54) is 16.7 Å². The predicted octanol–water partition coefficient (Wildman–Crippen LogP) is 16.0. The quantitative estimate of drug-likeness (QED) is 0.165. The Balaban J connectivity index is 1.10. The number of aromatic hydroxyl groups is 1. The molecule has 0 aliphatic rings. The average molecular weight is 856 g/mol. The van der Waals surface area contributed by atoms with E-state index in [0.717, 1.165) is 77.7 Å². The van der Waals surface area contributed by atoms with Gasteiger partial charge in [-0.1, -0.05) is 174 Å². The third kappa shape index (κ3) is 7.05. The number of benzene rings is 8. The molecule has 11 aromatic rings. The smallest absolute Gasteiger partial charge is 0.153 e. The van der Waals surface area contributed by atoms with Gasteiger partial charge in [-0.3, -0.25) is 9.55 Å². The van der Waals surface area contributed by atoms with Crippen LogP contribution >= 0.6 is 0 Å². The van der Waals surface area contributed by atoms with Gasteiger partial charge in [-0.25, -0.2) is 4.98 Å². The maximum atomic E-state index is 11.9. The summed E-state index contributed by atoms with van der Waals surface area (Å²) in [6, 6.07) is 67.7. The summed E-state index contributed by atoms with van der Waals surface area (Å²) in [5.41, 5.74) is 16.2. The number of pyridine rings is 1. The number of imidazole rings is 1. The van der Waals surface area contributed by atoms with Crippen molar-refractivity contribution in [1.82, 2.24) is 14.5 Å². The highest BCUT2D eigenvalue weighted by Gasteiger charge is 2.27. The Hall–Kier alpha value is -8.02. The van der Waals surface area contributed by atoms with Crippen LogP contribution in [0.2, 0.25) is 0 Å². The van der Waals surface area contributed by atoms with Crippen molar-refractivity contribution in [3.05, 3.63) is 217 Å². The van der Waals surface area contributed by atoms with Crippen LogP contribution in [0.4, 0.5) is 0 Å². The zero-order valence-corrected chi connectivity index (χ0v) is 37.7. The van der Waals surface area contributed by atoms with Crippen LogP contribution < -0.4 is 0 Å². The third-order valence-electron chi connectivity index (χ3n) is 13.3. The molecule has 11 rings (SSSR count). The maximum Gasteiger partial charge on any atom is 0.153 e. The van der Waals surface area contributed by atoms with Gasteiger partial charge in [-0.05, 0) is 99.0 Å². The molecule has 0 bridgehead atoms. The largest absolute Gasteiger partial charge is 0.507 e. The Kier molecular flexibility index (Phi) is 9.81. The summed E-state index contributed by atoms with van der Waals surface area (Å²) in [4.78, 5) is 10.6. The fraction of sp³-hybridized carbons (Fsp3) is 0.115. The van der Waals surface area contributed by atoms with Crippen molar-refractivity contribution < 1.29 is 9.52 Å². The van der Waals surface area contributed by atoms with Crippen molar-refractivity contribution in [3.8, 4) is 67.5 Å². The Labute approximate surface area is 385 Å². The first-order chi connectivity index (χ1) is 32.0. The highest BCUT2D eigenvalue weighted by atomic mass is 16.3. The van der Waals surface area contributed by atoms with Crippen molar-refractivity contribution in [2.24, 2.45) is 0 Å². The maximum absolute atomic E-state index is 11.9. The Bertz CT molecular complexity index is 3590. The minimum Gasteiger partial charge on any atom is -0.507 e. The molecule has 66 heavy (non-hydrogen) atoms. The fourth-order valence-corrected chi connectivity index (χ4v) is 9.50. The zero-order valence-electron chi connectivity index (χ0n) is 37.7. The summed E-state index contributed by atoms with van der Waals surface area (Å²) in [5.74, 6) is 0.678. The number of hydrogen-bond donors (Lipinski definition) is 1. The second-order valence-electron chi connectivity index (χ2n) is 18.8. The molecule has 320 valence electrons. The second-order valence-corrected chi connectivity index (χ2v) is 18.8. The molecule has 0 saturated heterocycles. The van der Waals surface area contributed by atoms with Crippen molar-refractivity contribution in [3.63, 3.8) is 0 Å². The van der Waals surface area contributed by atoms with Gasteiger partial charge in [0, 0.05) is 39.1 Å².